The number of morpholine rings is 1. The number of fused-ring (bicyclic) bond motifs is 1. The number of benzene rings is 1. The summed E-state index contributed by atoms with van der Waals surface area (Å²) in [7, 11) is 1.85. The van der Waals surface area contributed by atoms with E-state index in [1.54, 1.807) is 4.68 Å². The zero-order chi connectivity index (χ0) is 23.8. The standard InChI is InChI=1S/C25H28N6O2S/c1-15-11-31(12-16(2)33-15)13-19-14-34-25(26-19)28-24(32)20-10-21(18-8-6-5-7-9-18)27-23-22(20)17(3)29-30(23)4/h5-10,14-16H,11-13H2,1-4H3,(H,26,28,32). The molecule has 0 radical (unpaired) electrons. The van der Waals surface area contributed by atoms with Gasteiger partial charge in [0.15, 0.2) is 10.8 Å². The first kappa shape index (κ1) is 22.6. The Hall–Kier alpha value is -3.14. The van der Waals surface area contributed by atoms with Crippen LogP contribution in [0.25, 0.3) is 22.3 Å². The summed E-state index contributed by atoms with van der Waals surface area (Å²) in [4.78, 5) is 25.2. The fourth-order valence-electron chi connectivity index (χ4n) is 4.62. The first-order valence-corrected chi connectivity index (χ1v) is 12.3. The first-order chi connectivity index (χ1) is 16.4. The second kappa shape index (κ2) is 9.25. The van der Waals surface area contributed by atoms with E-state index in [-0.39, 0.29) is 18.1 Å². The van der Waals surface area contributed by atoms with Gasteiger partial charge >= 0.3 is 0 Å². The molecule has 8 nitrogen and oxygen atoms in total. The lowest BCUT2D eigenvalue weighted by atomic mass is 10.1. The summed E-state index contributed by atoms with van der Waals surface area (Å²) >= 11 is 1.44. The van der Waals surface area contributed by atoms with Gasteiger partial charge in [-0.3, -0.25) is 19.7 Å². The van der Waals surface area contributed by atoms with Gasteiger partial charge in [0.25, 0.3) is 5.91 Å². The third kappa shape index (κ3) is 4.59. The zero-order valence-electron chi connectivity index (χ0n) is 19.8. The predicted molar refractivity (Wildman–Crippen MR) is 134 cm³/mol. The number of aromatic nitrogens is 4. The van der Waals surface area contributed by atoms with Crippen LogP contribution in [-0.2, 0) is 18.3 Å². The molecule has 1 aliphatic heterocycles. The maximum atomic E-state index is 13.4. The molecule has 1 N–H and O–H groups in total. The number of amides is 1. The molecule has 5 rings (SSSR count). The Morgan fingerprint density at radius 2 is 1.91 bits per heavy atom. The van der Waals surface area contributed by atoms with Crippen molar-refractivity contribution < 1.29 is 9.53 Å². The van der Waals surface area contributed by atoms with Crippen LogP contribution in [0.15, 0.2) is 41.8 Å². The number of nitrogens with one attached hydrogen (secondary N) is 1. The number of hydrogen-bond donors (Lipinski definition) is 1. The van der Waals surface area contributed by atoms with Crippen molar-refractivity contribution in [1.29, 1.82) is 0 Å². The molecule has 2 unspecified atom stereocenters. The van der Waals surface area contributed by atoms with Crippen molar-refractivity contribution in [1.82, 2.24) is 24.6 Å². The van der Waals surface area contributed by atoms with Crippen LogP contribution in [0.4, 0.5) is 5.13 Å². The number of thiazole rings is 1. The van der Waals surface area contributed by atoms with Crippen molar-refractivity contribution >= 4 is 33.4 Å². The molecule has 4 aromatic rings. The zero-order valence-corrected chi connectivity index (χ0v) is 20.6. The Bertz CT molecular complexity index is 1320. The van der Waals surface area contributed by atoms with Crippen LogP contribution in [0, 0.1) is 6.92 Å². The molecule has 176 valence electrons. The molecule has 2 atom stereocenters. The molecule has 0 saturated carbocycles. The average Bonchev–Trinajstić information content (AvgIpc) is 3.36. The highest BCUT2D eigenvalue weighted by molar-refractivity contribution is 7.14. The molecule has 1 aromatic carbocycles. The second-order valence-corrected chi connectivity index (χ2v) is 9.74. The van der Waals surface area contributed by atoms with Gasteiger partial charge in [-0.25, -0.2) is 9.97 Å². The molecule has 0 aliphatic carbocycles. The average molecular weight is 477 g/mol. The van der Waals surface area contributed by atoms with E-state index in [0.717, 1.165) is 47.7 Å². The summed E-state index contributed by atoms with van der Waals surface area (Å²) in [5, 5.41) is 10.9. The largest absolute Gasteiger partial charge is 0.373 e. The maximum Gasteiger partial charge on any atom is 0.258 e. The van der Waals surface area contributed by atoms with Crippen LogP contribution < -0.4 is 5.32 Å². The van der Waals surface area contributed by atoms with Gasteiger partial charge in [0.05, 0.1) is 40.2 Å². The monoisotopic (exact) mass is 476 g/mol. The number of hydrogen-bond acceptors (Lipinski definition) is 7. The second-order valence-electron chi connectivity index (χ2n) is 8.88. The van der Waals surface area contributed by atoms with E-state index in [2.05, 4.69) is 34.1 Å². The fourth-order valence-corrected chi connectivity index (χ4v) is 5.32. The third-order valence-electron chi connectivity index (χ3n) is 5.94. The van der Waals surface area contributed by atoms with E-state index < -0.39 is 0 Å². The van der Waals surface area contributed by atoms with Crippen molar-refractivity contribution in [2.45, 2.75) is 39.5 Å². The van der Waals surface area contributed by atoms with Crippen molar-refractivity contribution in [2.24, 2.45) is 7.05 Å². The van der Waals surface area contributed by atoms with Gasteiger partial charge in [0.1, 0.15) is 0 Å². The smallest absolute Gasteiger partial charge is 0.258 e. The molecule has 3 aromatic heterocycles. The molecule has 1 amide bonds. The summed E-state index contributed by atoms with van der Waals surface area (Å²) in [5.41, 5.74) is 4.62. The third-order valence-corrected chi connectivity index (χ3v) is 6.74. The Labute approximate surface area is 202 Å². The number of nitrogens with zero attached hydrogens (tertiary/aromatic N) is 5. The van der Waals surface area contributed by atoms with Gasteiger partial charge in [-0.05, 0) is 26.8 Å². The van der Waals surface area contributed by atoms with Gasteiger partial charge in [0.2, 0.25) is 0 Å². The van der Waals surface area contributed by atoms with Crippen molar-refractivity contribution in [2.75, 3.05) is 18.4 Å². The summed E-state index contributed by atoms with van der Waals surface area (Å²) in [6.07, 6.45) is 0.411. The van der Waals surface area contributed by atoms with E-state index in [0.29, 0.717) is 16.3 Å². The highest BCUT2D eigenvalue weighted by Crippen LogP contribution is 2.28. The Balaban J connectivity index is 1.41. The van der Waals surface area contributed by atoms with E-state index in [4.69, 9.17) is 9.72 Å². The van der Waals surface area contributed by atoms with E-state index in [1.807, 2.05) is 55.7 Å². The molecule has 1 fully saturated rings. The minimum absolute atomic E-state index is 0.206. The van der Waals surface area contributed by atoms with Gasteiger partial charge < -0.3 is 4.74 Å². The van der Waals surface area contributed by atoms with Crippen LogP contribution in [0.5, 0.6) is 0 Å². The molecule has 9 heteroatoms. The normalized spacial score (nSPS) is 18.9. The number of rotatable bonds is 5. The van der Waals surface area contributed by atoms with E-state index in [9.17, 15) is 4.79 Å². The topological polar surface area (TPSA) is 85.2 Å². The van der Waals surface area contributed by atoms with Crippen LogP contribution in [-0.4, -0.2) is 55.9 Å². The molecule has 1 saturated heterocycles. The summed E-state index contributed by atoms with van der Waals surface area (Å²) < 4.78 is 7.54. The SMILES string of the molecule is Cc1nn(C)c2nc(-c3ccccc3)cc(C(=O)Nc3nc(CN4CC(C)OC(C)C4)cs3)c12. The van der Waals surface area contributed by atoms with Crippen molar-refractivity contribution in [3.05, 3.63) is 58.7 Å². The number of aryl methyl sites for hydroxylation is 2. The van der Waals surface area contributed by atoms with E-state index in [1.165, 1.54) is 11.3 Å². The van der Waals surface area contributed by atoms with Crippen molar-refractivity contribution in [3.8, 4) is 11.3 Å². The highest BCUT2D eigenvalue weighted by Gasteiger charge is 2.23. The minimum Gasteiger partial charge on any atom is -0.373 e. The number of carbonyl (C=O) groups is 1. The number of carbonyl (C=O) groups excluding carboxylic acids is 1. The first-order valence-electron chi connectivity index (χ1n) is 11.4. The maximum absolute atomic E-state index is 13.4. The number of anilines is 1. The van der Waals surface area contributed by atoms with E-state index >= 15 is 0 Å². The van der Waals surface area contributed by atoms with Gasteiger partial charge in [0, 0.05) is 37.6 Å². The molecule has 1 aliphatic rings. The Morgan fingerprint density at radius 1 is 1.18 bits per heavy atom. The van der Waals surface area contributed by atoms with Crippen LogP contribution in [0.3, 0.4) is 0 Å². The number of pyridine rings is 1. The van der Waals surface area contributed by atoms with Gasteiger partial charge in [-0.15, -0.1) is 11.3 Å². The Kier molecular flexibility index (Phi) is 6.16. The minimum atomic E-state index is -0.213. The molecular formula is C25H28N6O2S. The van der Waals surface area contributed by atoms with Crippen LogP contribution in [0.1, 0.15) is 35.6 Å². The number of ether oxygens (including phenoxy) is 1. The molecular weight excluding hydrogens is 448 g/mol. The molecule has 34 heavy (non-hydrogen) atoms. The van der Waals surface area contributed by atoms with Crippen LogP contribution in [0.2, 0.25) is 0 Å². The fraction of sp³-hybridized carbons (Fsp3) is 0.360. The quantitative estimate of drug-likeness (QED) is 0.463. The lowest BCUT2D eigenvalue weighted by Gasteiger charge is -2.34. The van der Waals surface area contributed by atoms with Gasteiger partial charge in [-0.2, -0.15) is 5.10 Å². The lowest BCUT2D eigenvalue weighted by Crippen LogP contribution is -2.44. The lowest BCUT2D eigenvalue weighted by molar-refractivity contribution is -0.0707. The predicted octanol–water partition coefficient (Wildman–Crippen LogP) is 4.26. The van der Waals surface area contributed by atoms with Crippen molar-refractivity contribution in [3.63, 3.8) is 0 Å². The molecule has 0 bridgehead atoms. The summed E-state index contributed by atoms with van der Waals surface area (Å²) in [6.45, 7) is 8.57. The van der Waals surface area contributed by atoms with Crippen LogP contribution >= 0.6 is 11.3 Å². The summed E-state index contributed by atoms with van der Waals surface area (Å²) in [5.74, 6) is -0.213. The molecule has 0 spiro atoms. The Morgan fingerprint density at radius 3 is 2.65 bits per heavy atom. The summed E-state index contributed by atoms with van der Waals surface area (Å²) in [6, 6.07) is 11.7. The molecule has 4 heterocycles. The highest BCUT2D eigenvalue weighted by atomic mass is 32.1. The van der Waals surface area contributed by atoms with Gasteiger partial charge in [-0.1, -0.05) is 30.3 Å².